The Balaban J connectivity index is 1.57. The van der Waals surface area contributed by atoms with Gasteiger partial charge in [0, 0.05) is 21.9 Å². The summed E-state index contributed by atoms with van der Waals surface area (Å²) >= 11 is 3.06. The number of thioether (sulfide) groups is 1. The van der Waals surface area contributed by atoms with Crippen LogP contribution in [0.2, 0.25) is 0 Å². The molecule has 0 aliphatic carbocycles. The van der Waals surface area contributed by atoms with Gasteiger partial charge in [0.25, 0.3) is 11.8 Å². The number of nitrogens with zero attached hydrogens (tertiary/aromatic N) is 2. The molecule has 1 aromatic carbocycles. The van der Waals surface area contributed by atoms with Crippen molar-refractivity contribution in [3.8, 4) is 17.1 Å². The van der Waals surface area contributed by atoms with Crippen molar-refractivity contribution in [3.63, 3.8) is 0 Å². The highest BCUT2D eigenvalue weighted by atomic mass is 32.2. The summed E-state index contributed by atoms with van der Waals surface area (Å²) in [6, 6.07) is 9.74. The molecule has 6 nitrogen and oxygen atoms in total. The summed E-state index contributed by atoms with van der Waals surface area (Å²) in [7, 11) is 0. The van der Waals surface area contributed by atoms with Gasteiger partial charge in [0.05, 0.1) is 5.69 Å². The Bertz CT molecular complexity index is 827. The topological polar surface area (TPSA) is 77.2 Å². The number of anilines is 1. The van der Waals surface area contributed by atoms with Gasteiger partial charge >= 0.3 is 0 Å². The van der Waals surface area contributed by atoms with Crippen LogP contribution in [0.3, 0.4) is 0 Å². The van der Waals surface area contributed by atoms with Gasteiger partial charge in [0.2, 0.25) is 0 Å². The van der Waals surface area contributed by atoms with Crippen molar-refractivity contribution in [1.29, 1.82) is 0 Å². The Morgan fingerprint density at radius 3 is 2.83 bits per heavy atom. The van der Waals surface area contributed by atoms with Crippen LogP contribution < -0.4 is 10.1 Å². The molecule has 8 heteroatoms. The Hall–Kier alpha value is -2.32. The van der Waals surface area contributed by atoms with Gasteiger partial charge in [-0.05, 0) is 30.5 Å². The number of hydrogen-bond acceptors (Lipinski definition) is 7. The number of amides is 1. The number of carbonyl (C=O) groups excluding carboxylic acids is 1. The predicted octanol–water partition coefficient (Wildman–Crippen LogP) is 3.85. The van der Waals surface area contributed by atoms with Gasteiger partial charge in [0.15, 0.2) is 11.7 Å². The number of aryl methyl sites for hydroxylation is 1. The van der Waals surface area contributed by atoms with E-state index in [-0.39, 0.29) is 18.4 Å². The van der Waals surface area contributed by atoms with Crippen LogP contribution in [0.4, 0.5) is 5.13 Å². The summed E-state index contributed by atoms with van der Waals surface area (Å²) < 4.78 is 10.1. The molecule has 0 fully saturated rings. The second kappa shape index (κ2) is 7.50. The van der Waals surface area contributed by atoms with Crippen LogP contribution >= 0.6 is 23.1 Å². The Labute approximate surface area is 147 Å². The first-order chi connectivity index (χ1) is 11.6. The first-order valence-electron chi connectivity index (χ1n) is 7.10. The van der Waals surface area contributed by atoms with Crippen LogP contribution in [0.25, 0.3) is 11.3 Å². The van der Waals surface area contributed by atoms with E-state index in [9.17, 15) is 4.79 Å². The number of carbonyl (C=O) groups is 1. The number of benzene rings is 1. The molecule has 0 unspecified atom stereocenters. The average molecular weight is 361 g/mol. The van der Waals surface area contributed by atoms with Crippen molar-refractivity contribution in [2.24, 2.45) is 0 Å². The standard InChI is InChI=1S/C16H15N3O3S2/c1-10-7-15(19-22-10)21-8-14(20)18-16-17-13(9-24-16)11-3-5-12(23-2)6-4-11/h3-7,9H,8H2,1-2H3,(H,17,18,20). The molecule has 1 amide bonds. The van der Waals surface area contributed by atoms with E-state index >= 15 is 0 Å². The second-order valence-corrected chi connectivity index (χ2v) is 6.62. The summed E-state index contributed by atoms with van der Waals surface area (Å²) in [4.78, 5) is 17.5. The lowest BCUT2D eigenvalue weighted by Crippen LogP contribution is -2.20. The highest BCUT2D eigenvalue weighted by Crippen LogP contribution is 2.26. The fraction of sp³-hybridized carbons (Fsp3) is 0.188. The number of rotatable bonds is 6. The molecule has 124 valence electrons. The normalized spacial score (nSPS) is 10.6. The van der Waals surface area contributed by atoms with E-state index in [1.54, 1.807) is 24.8 Å². The van der Waals surface area contributed by atoms with Crippen molar-refractivity contribution in [3.05, 3.63) is 41.5 Å². The van der Waals surface area contributed by atoms with E-state index in [0.29, 0.717) is 10.9 Å². The largest absolute Gasteiger partial charge is 0.465 e. The average Bonchev–Trinajstić information content (AvgIpc) is 3.22. The zero-order valence-electron chi connectivity index (χ0n) is 13.1. The van der Waals surface area contributed by atoms with Crippen LogP contribution in [-0.2, 0) is 4.79 Å². The lowest BCUT2D eigenvalue weighted by atomic mass is 10.2. The summed E-state index contributed by atoms with van der Waals surface area (Å²) in [5, 5.41) is 8.81. The Morgan fingerprint density at radius 1 is 1.38 bits per heavy atom. The fourth-order valence-electron chi connectivity index (χ4n) is 1.93. The van der Waals surface area contributed by atoms with E-state index in [0.717, 1.165) is 11.3 Å². The van der Waals surface area contributed by atoms with Crippen LogP contribution in [0.15, 0.2) is 45.1 Å². The third kappa shape index (κ3) is 4.15. The van der Waals surface area contributed by atoms with Gasteiger partial charge in [0.1, 0.15) is 5.76 Å². The highest BCUT2D eigenvalue weighted by Gasteiger charge is 2.10. The Kier molecular flexibility index (Phi) is 5.17. The second-order valence-electron chi connectivity index (χ2n) is 4.88. The van der Waals surface area contributed by atoms with Crippen LogP contribution in [0.1, 0.15) is 5.76 Å². The van der Waals surface area contributed by atoms with E-state index in [4.69, 9.17) is 9.26 Å². The van der Waals surface area contributed by atoms with E-state index < -0.39 is 0 Å². The molecule has 1 N–H and O–H groups in total. The van der Waals surface area contributed by atoms with Crippen LogP contribution in [0, 0.1) is 6.92 Å². The molecule has 2 aromatic heterocycles. The molecular weight excluding hydrogens is 346 g/mol. The molecule has 0 radical (unpaired) electrons. The number of aromatic nitrogens is 2. The van der Waals surface area contributed by atoms with Gasteiger partial charge in [-0.2, -0.15) is 0 Å². The van der Waals surface area contributed by atoms with Crippen LogP contribution in [0.5, 0.6) is 5.88 Å². The monoisotopic (exact) mass is 361 g/mol. The van der Waals surface area contributed by atoms with E-state index in [2.05, 4.69) is 15.5 Å². The molecule has 3 aromatic rings. The lowest BCUT2D eigenvalue weighted by Gasteiger charge is -2.02. The number of hydrogen-bond donors (Lipinski definition) is 1. The highest BCUT2D eigenvalue weighted by molar-refractivity contribution is 7.98. The Morgan fingerprint density at radius 2 is 2.17 bits per heavy atom. The van der Waals surface area contributed by atoms with Gasteiger partial charge in [-0.1, -0.05) is 12.1 Å². The van der Waals surface area contributed by atoms with Gasteiger partial charge < -0.3 is 9.26 Å². The lowest BCUT2D eigenvalue weighted by molar-refractivity contribution is -0.118. The minimum Gasteiger partial charge on any atom is -0.465 e. The third-order valence-electron chi connectivity index (χ3n) is 3.09. The molecule has 0 atom stereocenters. The predicted molar refractivity (Wildman–Crippen MR) is 94.7 cm³/mol. The first-order valence-corrected chi connectivity index (χ1v) is 9.20. The zero-order valence-corrected chi connectivity index (χ0v) is 14.7. The smallest absolute Gasteiger partial charge is 0.264 e. The minimum absolute atomic E-state index is 0.149. The molecule has 3 rings (SSSR count). The molecule has 0 aliphatic rings. The summed E-state index contributed by atoms with van der Waals surface area (Å²) in [6.45, 7) is 1.60. The molecule has 0 spiro atoms. The number of nitrogens with one attached hydrogen (secondary N) is 1. The number of ether oxygens (including phenoxy) is 1. The quantitative estimate of drug-likeness (QED) is 0.672. The summed E-state index contributed by atoms with van der Waals surface area (Å²) in [5.74, 6) is 0.619. The summed E-state index contributed by atoms with van der Waals surface area (Å²) in [5.41, 5.74) is 1.84. The summed E-state index contributed by atoms with van der Waals surface area (Å²) in [6.07, 6.45) is 2.04. The molecule has 2 heterocycles. The van der Waals surface area contributed by atoms with Crippen LogP contribution in [-0.4, -0.2) is 28.9 Å². The molecule has 0 saturated carbocycles. The molecule has 0 aliphatic heterocycles. The first kappa shape index (κ1) is 16.5. The SMILES string of the molecule is CSc1ccc(-c2csc(NC(=O)COc3cc(C)on3)n2)cc1. The fourth-order valence-corrected chi connectivity index (χ4v) is 3.08. The van der Waals surface area contributed by atoms with E-state index in [1.165, 1.54) is 16.2 Å². The maximum atomic E-state index is 11.9. The van der Waals surface area contributed by atoms with Crippen molar-refractivity contribution < 1.29 is 14.1 Å². The van der Waals surface area contributed by atoms with Crippen molar-refractivity contribution in [2.45, 2.75) is 11.8 Å². The molecule has 24 heavy (non-hydrogen) atoms. The van der Waals surface area contributed by atoms with Crippen molar-refractivity contribution >= 4 is 34.1 Å². The van der Waals surface area contributed by atoms with Gasteiger partial charge in [-0.25, -0.2) is 4.98 Å². The molecular formula is C16H15N3O3S2. The maximum Gasteiger partial charge on any atom is 0.264 e. The van der Waals surface area contributed by atoms with Crippen molar-refractivity contribution in [1.82, 2.24) is 10.1 Å². The zero-order chi connectivity index (χ0) is 16.9. The van der Waals surface area contributed by atoms with Gasteiger partial charge in [-0.3, -0.25) is 10.1 Å². The molecule has 0 bridgehead atoms. The third-order valence-corrected chi connectivity index (χ3v) is 4.60. The molecule has 0 saturated heterocycles. The maximum absolute atomic E-state index is 11.9. The van der Waals surface area contributed by atoms with E-state index in [1.807, 2.05) is 35.9 Å². The number of thiazole rings is 1. The van der Waals surface area contributed by atoms with Crippen molar-refractivity contribution in [2.75, 3.05) is 18.2 Å². The minimum atomic E-state index is -0.297. The van der Waals surface area contributed by atoms with Gasteiger partial charge in [-0.15, -0.1) is 23.1 Å².